The second-order valence-electron chi connectivity index (χ2n) is 8.20. The molecule has 8 nitrogen and oxygen atoms in total. The van der Waals surface area contributed by atoms with Gasteiger partial charge in [0.15, 0.2) is 11.5 Å². The topological polar surface area (TPSA) is 97.3 Å². The Morgan fingerprint density at radius 2 is 1.47 bits per heavy atom. The summed E-state index contributed by atoms with van der Waals surface area (Å²) in [7, 11) is -0.729. The van der Waals surface area contributed by atoms with Gasteiger partial charge in [0.25, 0.3) is 5.91 Å². The molecule has 1 fully saturated rings. The molecule has 9 heteroatoms. The van der Waals surface area contributed by atoms with Gasteiger partial charge < -0.3 is 9.47 Å². The number of hydrogen-bond donors (Lipinski definition) is 1. The minimum atomic E-state index is -3.70. The van der Waals surface area contributed by atoms with Gasteiger partial charge in [-0.2, -0.15) is 5.10 Å². The highest BCUT2D eigenvalue weighted by atomic mass is 32.2. The van der Waals surface area contributed by atoms with E-state index >= 15 is 0 Å². The number of carbonyl (C=O) groups is 1. The highest BCUT2D eigenvalue weighted by molar-refractivity contribution is 7.92. The van der Waals surface area contributed by atoms with Gasteiger partial charge in [-0.25, -0.2) is 13.8 Å². The van der Waals surface area contributed by atoms with Crippen LogP contribution in [0.15, 0.2) is 23.3 Å². The molecule has 0 aromatic heterocycles. The zero-order chi connectivity index (χ0) is 23.4. The summed E-state index contributed by atoms with van der Waals surface area (Å²) in [4.78, 5) is 12.6. The number of ether oxygens (including phenoxy) is 2. The third-order valence-corrected chi connectivity index (χ3v) is 6.75. The fraction of sp³-hybridized carbons (Fsp3) is 0.652. The van der Waals surface area contributed by atoms with Gasteiger partial charge in [-0.05, 0) is 37.8 Å². The lowest BCUT2D eigenvalue weighted by molar-refractivity contribution is -0.119. The predicted octanol–water partition coefficient (Wildman–Crippen LogP) is 4.25. The first-order chi connectivity index (χ1) is 15.3. The van der Waals surface area contributed by atoms with E-state index in [2.05, 4.69) is 10.5 Å². The zero-order valence-electron chi connectivity index (χ0n) is 19.6. The van der Waals surface area contributed by atoms with Crippen LogP contribution in [0.1, 0.15) is 70.6 Å². The van der Waals surface area contributed by atoms with Crippen LogP contribution < -0.4 is 19.2 Å². The number of hydrogen-bond acceptors (Lipinski definition) is 6. The van der Waals surface area contributed by atoms with Crippen LogP contribution in [0.4, 0.5) is 5.69 Å². The summed E-state index contributed by atoms with van der Waals surface area (Å²) in [6.45, 7) is -0.370. The van der Waals surface area contributed by atoms with E-state index < -0.39 is 15.9 Å². The highest BCUT2D eigenvalue weighted by Crippen LogP contribution is 2.32. The second-order valence-corrected chi connectivity index (χ2v) is 10.1. The molecule has 180 valence electrons. The molecule has 1 N–H and O–H groups in total. The molecule has 1 aliphatic carbocycles. The van der Waals surface area contributed by atoms with E-state index in [0.29, 0.717) is 17.2 Å². The summed E-state index contributed by atoms with van der Waals surface area (Å²) >= 11 is 0. The molecule has 1 aromatic carbocycles. The fourth-order valence-corrected chi connectivity index (χ4v) is 4.67. The molecule has 0 aliphatic heterocycles. The van der Waals surface area contributed by atoms with Gasteiger partial charge >= 0.3 is 0 Å². The van der Waals surface area contributed by atoms with Crippen LogP contribution in [0.2, 0.25) is 0 Å². The van der Waals surface area contributed by atoms with Crippen LogP contribution in [0.5, 0.6) is 11.5 Å². The van der Waals surface area contributed by atoms with Gasteiger partial charge in [0.2, 0.25) is 10.0 Å². The second kappa shape index (κ2) is 13.3. The van der Waals surface area contributed by atoms with Gasteiger partial charge in [0, 0.05) is 11.8 Å². The van der Waals surface area contributed by atoms with Crippen molar-refractivity contribution in [2.75, 3.05) is 31.3 Å². The Bertz CT molecular complexity index is 856. The maximum atomic E-state index is 12.6. The van der Waals surface area contributed by atoms with E-state index in [1.807, 2.05) is 0 Å². The molecular formula is C23H37N3O5S. The van der Waals surface area contributed by atoms with Crippen molar-refractivity contribution < 1.29 is 22.7 Å². The Morgan fingerprint density at radius 3 is 1.97 bits per heavy atom. The largest absolute Gasteiger partial charge is 0.493 e. The number of anilines is 1. The monoisotopic (exact) mass is 467 g/mol. The summed E-state index contributed by atoms with van der Waals surface area (Å²) < 4.78 is 36.3. The number of methoxy groups -OCH3 is 2. The molecule has 0 radical (unpaired) electrons. The van der Waals surface area contributed by atoms with Crippen molar-refractivity contribution in [3.63, 3.8) is 0 Å². The predicted molar refractivity (Wildman–Crippen MR) is 128 cm³/mol. The van der Waals surface area contributed by atoms with Crippen LogP contribution in [-0.4, -0.2) is 47.1 Å². The number of nitrogens with one attached hydrogen (secondary N) is 1. The van der Waals surface area contributed by atoms with Gasteiger partial charge in [-0.1, -0.05) is 44.9 Å². The molecule has 1 aromatic rings. The van der Waals surface area contributed by atoms with E-state index in [-0.39, 0.29) is 6.54 Å². The van der Waals surface area contributed by atoms with E-state index in [9.17, 15) is 13.2 Å². The molecule has 1 aliphatic rings. The maximum absolute atomic E-state index is 12.6. The summed E-state index contributed by atoms with van der Waals surface area (Å²) in [5.74, 6) is 0.374. The number of benzene rings is 1. The van der Waals surface area contributed by atoms with E-state index in [0.717, 1.165) is 42.0 Å². The smallest absolute Gasteiger partial charge is 0.260 e. The third-order valence-electron chi connectivity index (χ3n) is 5.61. The molecule has 0 spiro atoms. The van der Waals surface area contributed by atoms with Crippen LogP contribution in [0.25, 0.3) is 0 Å². The van der Waals surface area contributed by atoms with Crippen LogP contribution >= 0.6 is 0 Å². The average Bonchev–Trinajstić information content (AvgIpc) is 2.76. The summed E-state index contributed by atoms with van der Waals surface area (Å²) in [6.07, 6.45) is 13.7. The molecule has 0 saturated heterocycles. The lowest BCUT2D eigenvalue weighted by atomic mass is 10.00. The first-order valence-electron chi connectivity index (χ1n) is 11.4. The first kappa shape index (κ1) is 26.0. The number of carbonyl (C=O) groups excluding carboxylic acids is 1. The number of amides is 1. The van der Waals surface area contributed by atoms with E-state index in [4.69, 9.17) is 9.47 Å². The van der Waals surface area contributed by atoms with Gasteiger partial charge in [0.05, 0.1) is 26.2 Å². The van der Waals surface area contributed by atoms with Crippen molar-refractivity contribution in [2.45, 2.75) is 70.6 Å². The lowest BCUT2D eigenvalue weighted by Gasteiger charge is -2.22. The van der Waals surface area contributed by atoms with Crippen LogP contribution in [-0.2, 0) is 14.8 Å². The number of nitrogens with zero attached hydrogens (tertiary/aromatic N) is 2. The molecule has 2 rings (SSSR count). The molecule has 0 atom stereocenters. The SMILES string of the molecule is COc1ccc(N(CC(=O)NN=C2CCCCCCCCCCC2)S(C)(=O)=O)cc1OC. The highest BCUT2D eigenvalue weighted by Gasteiger charge is 2.22. The Hall–Kier alpha value is -2.29. The zero-order valence-corrected chi connectivity index (χ0v) is 20.4. The standard InChI is InChI=1S/C23H37N3O5S/c1-30-21-16-15-20(17-22(21)31-2)26(32(3,28)29)18-23(27)25-24-19-13-11-9-7-5-4-6-8-10-12-14-19/h15-17H,4-14,18H2,1-3H3,(H,25,27). The van der Waals surface area contributed by atoms with E-state index in [1.54, 1.807) is 12.1 Å². The molecule has 32 heavy (non-hydrogen) atoms. The Labute approximate surface area is 192 Å². The van der Waals surface area contributed by atoms with Gasteiger partial charge in [-0.15, -0.1) is 0 Å². The van der Waals surface area contributed by atoms with Crippen molar-refractivity contribution >= 4 is 27.3 Å². The minimum Gasteiger partial charge on any atom is -0.493 e. The Morgan fingerprint density at radius 1 is 0.938 bits per heavy atom. The Balaban J connectivity index is 2.07. The lowest BCUT2D eigenvalue weighted by Crippen LogP contribution is -2.39. The number of hydrazone groups is 1. The normalized spacial score (nSPS) is 16.3. The summed E-state index contributed by atoms with van der Waals surface area (Å²) in [5, 5.41) is 4.35. The summed E-state index contributed by atoms with van der Waals surface area (Å²) in [6, 6.07) is 4.72. The van der Waals surface area contributed by atoms with Crippen molar-refractivity contribution in [1.82, 2.24) is 5.43 Å². The van der Waals surface area contributed by atoms with E-state index in [1.165, 1.54) is 65.2 Å². The fourth-order valence-electron chi connectivity index (χ4n) is 3.82. The molecular weight excluding hydrogens is 430 g/mol. The molecule has 1 saturated carbocycles. The number of sulfonamides is 1. The molecule has 1 amide bonds. The van der Waals surface area contributed by atoms with Gasteiger partial charge in [-0.3, -0.25) is 9.10 Å². The third kappa shape index (κ3) is 8.68. The molecule has 0 bridgehead atoms. The molecule has 0 unspecified atom stereocenters. The average molecular weight is 468 g/mol. The Kier molecular flexibility index (Phi) is 10.8. The molecule has 0 heterocycles. The minimum absolute atomic E-state index is 0.318. The number of rotatable bonds is 7. The summed E-state index contributed by atoms with van der Waals surface area (Å²) in [5.41, 5.74) is 3.88. The van der Waals surface area contributed by atoms with Crippen molar-refractivity contribution in [2.24, 2.45) is 5.10 Å². The van der Waals surface area contributed by atoms with Crippen molar-refractivity contribution in [3.05, 3.63) is 18.2 Å². The maximum Gasteiger partial charge on any atom is 0.260 e. The van der Waals surface area contributed by atoms with Crippen molar-refractivity contribution in [1.29, 1.82) is 0 Å². The van der Waals surface area contributed by atoms with Gasteiger partial charge in [0.1, 0.15) is 6.54 Å². The first-order valence-corrected chi connectivity index (χ1v) is 13.2. The quantitative estimate of drug-likeness (QED) is 0.605. The van der Waals surface area contributed by atoms with Crippen LogP contribution in [0.3, 0.4) is 0 Å². The van der Waals surface area contributed by atoms with Crippen molar-refractivity contribution in [3.8, 4) is 11.5 Å². The van der Waals surface area contributed by atoms with Crippen LogP contribution in [0, 0.1) is 0 Å².